The Morgan fingerprint density at radius 3 is 2.31 bits per heavy atom. The molecule has 4 aromatic rings. The second-order valence-corrected chi connectivity index (χ2v) is 9.91. The molecule has 0 spiro atoms. The number of anilines is 2. The monoisotopic (exact) mass is 563 g/mol. The van der Waals surface area contributed by atoms with Crippen molar-refractivity contribution in [2.75, 3.05) is 23.7 Å². The van der Waals surface area contributed by atoms with E-state index in [9.17, 15) is 9.59 Å². The first-order valence-corrected chi connectivity index (χ1v) is 13.7. The zero-order valence-corrected chi connectivity index (χ0v) is 23.5. The van der Waals surface area contributed by atoms with Gasteiger partial charge in [-0.05, 0) is 48.7 Å². The normalized spacial score (nSPS) is 10.8. The van der Waals surface area contributed by atoms with E-state index in [1.54, 1.807) is 28.9 Å². The lowest BCUT2D eigenvalue weighted by Crippen LogP contribution is -2.41. The average molecular weight is 565 g/mol. The molecular weight excluding hydrogens is 533 g/mol. The van der Waals surface area contributed by atoms with Crippen LogP contribution in [0.25, 0.3) is 16.9 Å². The quantitative estimate of drug-likeness (QED) is 0.207. The number of hydrogen-bond acceptors (Lipinski definition) is 3. The molecule has 39 heavy (non-hydrogen) atoms. The van der Waals surface area contributed by atoms with Crippen LogP contribution < -0.4 is 10.6 Å². The minimum atomic E-state index is -0.344. The molecule has 0 bridgehead atoms. The minimum absolute atomic E-state index is 0.119. The van der Waals surface area contributed by atoms with Crippen molar-refractivity contribution in [1.29, 1.82) is 0 Å². The molecule has 0 saturated carbocycles. The van der Waals surface area contributed by atoms with Crippen LogP contribution in [0.15, 0.2) is 78.9 Å². The van der Waals surface area contributed by atoms with E-state index in [2.05, 4.69) is 17.6 Å². The van der Waals surface area contributed by atoms with E-state index < -0.39 is 0 Å². The van der Waals surface area contributed by atoms with Crippen molar-refractivity contribution in [3.8, 4) is 16.9 Å². The Kier molecular flexibility index (Phi) is 9.63. The van der Waals surface area contributed by atoms with Crippen molar-refractivity contribution in [2.24, 2.45) is 0 Å². The number of nitrogens with one attached hydrogen (secondary N) is 2. The number of amides is 3. The van der Waals surface area contributed by atoms with Gasteiger partial charge in [0.05, 0.1) is 21.4 Å². The van der Waals surface area contributed by atoms with Gasteiger partial charge in [-0.25, -0.2) is 9.48 Å². The summed E-state index contributed by atoms with van der Waals surface area (Å²) in [4.78, 5) is 27.9. The number of carbonyl (C=O) groups excluding carboxylic acids is 2. The Bertz CT molecular complexity index is 1420. The van der Waals surface area contributed by atoms with E-state index in [0.29, 0.717) is 39.5 Å². The number of rotatable bonds is 10. The van der Waals surface area contributed by atoms with Crippen molar-refractivity contribution in [3.05, 3.63) is 94.5 Å². The van der Waals surface area contributed by atoms with E-state index in [1.807, 2.05) is 61.5 Å². The molecule has 0 aliphatic heterocycles. The van der Waals surface area contributed by atoms with Gasteiger partial charge >= 0.3 is 6.03 Å². The summed E-state index contributed by atoms with van der Waals surface area (Å²) >= 11 is 12.4. The number of urea groups is 1. The molecule has 0 aliphatic rings. The molecule has 9 heteroatoms. The highest BCUT2D eigenvalue weighted by Crippen LogP contribution is 2.29. The van der Waals surface area contributed by atoms with E-state index in [4.69, 9.17) is 28.3 Å². The number of nitrogens with zero attached hydrogens (tertiary/aromatic N) is 3. The molecule has 3 amide bonds. The third-order valence-electron chi connectivity index (χ3n) is 6.21. The van der Waals surface area contributed by atoms with Crippen molar-refractivity contribution in [1.82, 2.24) is 14.7 Å². The van der Waals surface area contributed by atoms with E-state index >= 15 is 0 Å². The molecule has 4 rings (SSSR count). The molecule has 7 nitrogen and oxygen atoms in total. The summed E-state index contributed by atoms with van der Waals surface area (Å²) in [5.41, 5.74) is 4.07. The third-order valence-corrected chi connectivity index (χ3v) is 6.95. The molecule has 0 atom stereocenters. The van der Waals surface area contributed by atoms with Gasteiger partial charge in [-0.3, -0.25) is 4.79 Å². The number of halogens is 2. The highest BCUT2D eigenvalue weighted by atomic mass is 35.5. The number of benzene rings is 3. The molecule has 0 saturated heterocycles. The van der Waals surface area contributed by atoms with Crippen molar-refractivity contribution < 1.29 is 9.59 Å². The average Bonchev–Trinajstić information content (AvgIpc) is 3.37. The van der Waals surface area contributed by atoms with Gasteiger partial charge in [-0.1, -0.05) is 85.9 Å². The van der Waals surface area contributed by atoms with Crippen molar-refractivity contribution in [2.45, 2.75) is 33.1 Å². The Balaban J connectivity index is 1.56. The van der Waals surface area contributed by atoms with Crippen LogP contribution in [0.2, 0.25) is 10.0 Å². The van der Waals surface area contributed by atoms with Gasteiger partial charge in [0, 0.05) is 23.9 Å². The summed E-state index contributed by atoms with van der Waals surface area (Å²) in [6.07, 6.45) is 2.58. The highest BCUT2D eigenvalue weighted by Gasteiger charge is 2.20. The van der Waals surface area contributed by atoms with Gasteiger partial charge < -0.3 is 15.5 Å². The Hall–Kier alpha value is -3.81. The topological polar surface area (TPSA) is 79.3 Å². The SMILES string of the molecule is CCCCN(CC(=O)Nc1cc(-c2ccccc2)nn1-c1ccc(Cl)c(Cl)c1)C(=O)Nc1ccc(CC)cc1. The minimum Gasteiger partial charge on any atom is -0.315 e. The van der Waals surface area contributed by atoms with Crippen molar-refractivity contribution >= 4 is 46.6 Å². The molecule has 3 aromatic carbocycles. The van der Waals surface area contributed by atoms with Gasteiger partial charge in [-0.2, -0.15) is 5.10 Å². The predicted octanol–water partition coefficient (Wildman–Crippen LogP) is 7.68. The van der Waals surface area contributed by atoms with E-state index in [1.165, 1.54) is 10.5 Å². The Morgan fingerprint density at radius 2 is 1.64 bits per heavy atom. The van der Waals surface area contributed by atoms with Crippen LogP contribution in [-0.2, 0) is 11.2 Å². The van der Waals surface area contributed by atoms with Crippen LogP contribution >= 0.6 is 23.2 Å². The standard InChI is InChI=1S/C30H31Cl2N5O2/c1-3-5-17-36(30(39)33-23-13-11-21(4-2)12-14-23)20-29(38)34-28-19-27(22-9-7-6-8-10-22)35-37(28)24-15-16-25(31)26(32)18-24/h6-16,18-19H,3-5,17,20H2,1-2H3,(H,33,39)(H,34,38). The van der Waals surface area contributed by atoms with Gasteiger partial charge in [0.15, 0.2) is 0 Å². The van der Waals surface area contributed by atoms with E-state index in [-0.39, 0.29) is 18.5 Å². The lowest BCUT2D eigenvalue weighted by molar-refractivity contribution is -0.116. The third kappa shape index (κ3) is 7.40. The van der Waals surface area contributed by atoms with E-state index in [0.717, 1.165) is 24.8 Å². The summed E-state index contributed by atoms with van der Waals surface area (Å²) in [5.74, 6) is 0.103. The number of aryl methyl sites for hydroxylation is 1. The zero-order chi connectivity index (χ0) is 27.8. The molecule has 0 fully saturated rings. The first kappa shape index (κ1) is 28.2. The molecule has 1 aromatic heterocycles. The molecule has 202 valence electrons. The van der Waals surface area contributed by atoms with Crippen LogP contribution in [0, 0.1) is 0 Å². The highest BCUT2D eigenvalue weighted by molar-refractivity contribution is 6.42. The summed E-state index contributed by atoms with van der Waals surface area (Å²) in [5, 5.41) is 11.4. The number of aromatic nitrogens is 2. The molecule has 1 heterocycles. The van der Waals surface area contributed by atoms with Crippen molar-refractivity contribution in [3.63, 3.8) is 0 Å². The first-order valence-electron chi connectivity index (χ1n) is 12.9. The van der Waals surface area contributed by atoms with Gasteiger partial charge in [0.25, 0.3) is 0 Å². The summed E-state index contributed by atoms with van der Waals surface area (Å²) in [6.45, 7) is 4.45. The maximum absolute atomic E-state index is 13.3. The second-order valence-electron chi connectivity index (χ2n) is 9.09. The number of carbonyl (C=O) groups is 2. The molecule has 0 aliphatic carbocycles. The second kappa shape index (κ2) is 13.3. The molecule has 0 unspecified atom stereocenters. The largest absolute Gasteiger partial charge is 0.322 e. The predicted molar refractivity (Wildman–Crippen MR) is 159 cm³/mol. The number of hydrogen-bond donors (Lipinski definition) is 2. The lowest BCUT2D eigenvalue weighted by atomic mass is 10.1. The summed E-state index contributed by atoms with van der Waals surface area (Å²) < 4.78 is 1.61. The fourth-order valence-corrected chi connectivity index (χ4v) is 4.31. The fraction of sp³-hybridized carbons (Fsp3) is 0.233. The van der Waals surface area contributed by atoms with Crippen LogP contribution in [0.1, 0.15) is 32.3 Å². The van der Waals surface area contributed by atoms with Gasteiger partial charge in [0.1, 0.15) is 12.4 Å². The van der Waals surface area contributed by atoms with Crippen LogP contribution in [-0.4, -0.2) is 39.7 Å². The molecule has 2 N–H and O–H groups in total. The maximum atomic E-state index is 13.3. The smallest absolute Gasteiger partial charge is 0.315 e. The number of unbranched alkanes of at least 4 members (excludes halogenated alkanes) is 1. The van der Waals surface area contributed by atoms with Crippen LogP contribution in [0.3, 0.4) is 0 Å². The van der Waals surface area contributed by atoms with Crippen LogP contribution in [0.4, 0.5) is 16.3 Å². The Labute approximate surface area is 238 Å². The lowest BCUT2D eigenvalue weighted by Gasteiger charge is -2.22. The Morgan fingerprint density at radius 1 is 0.897 bits per heavy atom. The van der Waals surface area contributed by atoms with Crippen LogP contribution in [0.5, 0.6) is 0 Å². The zero-order valence-electron chi connectivity index (χ0n) is 22.0. The molecule has 0 radical (unpaired) electrons. The summed E-state index contributed by atoms with van der Waals surface area (Å²) in [7, 11) is 0. The molecular formula is C30H31Cl2N5O2. The summed E-state index contributed by atoms with van der Waals surface area (Å²) in [6, 6.07) is 24.0. The van der Waals surface area contributed by atoms with Gasteiger partial charge in [0.2, 0.25) is 5.91 Å². The fourth-order valence-electron chi connectivity index (χ4n) is 4.02. The van der Waals surface area contributed by atoms with Gasteiger partial charge in [-0.15, -0.1) is 0 Å². The first-order chi connectivity index (χ1) is 18.9. The maximum Gasteiger partial charge on any atom is 0.322 e.